The fraction of sp³-hybridized carbons (Fsp3) is 0.429. The van der Waals surface area contributed by atoms with E-state index in [1.54, 1.807) is 14.0 Å². The van der Waals surface area contributed by atoms with Crippen molar-refractivity contribution in [3.8, 4) is 0 Å². The molecule has 0 bridgehead atoms. The van der Waals surface area contributed by atoms with E-state index in [4.69, 9.17) is 4.74 Å². The summed E-state index contributed by atoms with van der Waals surface area (Å²) in [4.78, 5) is 1.19. The fourth-order valence-corrected chi connectivity index (χ4v) is 5.44. The average molecular weight is 328 g/mol. The van der Waals surface area contributed by atoms with Gasteiger partial charge >= 0.3 is 0 Å². The van der Waals surface area contributed by atoms with Gasteiger partial charge in [0.25, 0.3) is 0 Å². The van der Waals surface area contributed by atoms with Gasteiger partial charge in [0.2, 0.25) is 10.0 Å². The highest BCUT2D eigenvalue weighted by molar-refractivity contribution is 7.90. The van der Waals surface area contributed by atoms with Gasteiger partial charge < -0.3 is 10.1 Å². The Hall–Kier alpha value is -0.990. The van der Waals surface area contributed by atoms with Gasteiger partial charge in [-0.2, -0.15) is 0 Å². The average Bonchev–Trinajstić information content (AvgIpc) is 2.77. The second kappa shape index (κ2) is 6.85. The van der Waals surface area contributed by atoms with E-state index >= 15 is 0 Å². The standard InChI is InChI=1S/C14H20N2O3S2/c1-10(9-19-3)16-21(17,18)14-11-6-4-5-7-12(11)20-13(14)8-15-2/h4-7,10,15-16H,8-9H2,1-3H3. The number of thiophene rings is 1. The van der Waals surface area contributed by atoms with Crippen molar-refractivity contribution in [1.82, 2.24) is 10.0 Å². The molecule has 5 nitrogen and oxygen atoms in total. The Morgan fingerprint density at radius 2 is 2.05 bits per heavy atom. The predicted octanol–water partition coefficient (Wildman–Crippen LogP) is 1.93. The summed E-state index contributed by atoms with van der Waals surface area (Å²) in [6, 6.07) is 7.29. The molecule has 2 aromatic rings. The number of nitrogens with one attached hydrogen (secondary N) is 2. The van der Waals surface area contributed by atoms with Gasteiger partial charge in [-0.05, 0) is 20.0 Å². The van der Waals surface area contributed by atoms with Crippen LogP contribution >= 0.6 is 11.3 Å². The SMILES string of the molecule is CNCc1sc2ccccc2c1S(=O)(=O)NC(C)COC. The van der Waals surface area contributed by atoms with Gasteiger partial charge in [0, 0.05) is 34.7 Å². The normalized spacial score (nSPS) is 13.7. The highest BCUT2D eigenvalue weighted by atomic mass is 32.2. The summed E-state index contributed by atoms with van der Waals surface area (Å²) in [5.74, 6) is 0. The molecule has 7 heteroatoms. The summed E-state index contributed by atoms with van der Waals surface area (Å²) in [6.07, 6.45) is 0. The van der Waals surface area contributed by atoms with E-state index in [2.05, 4.69) is 10.0 Å². The van der Waals surface area contributed by atoms with E-state index in [1.165, 1.54) is 11.3 Å². The van der Waals surface area contributed by atoms with E-state index in [-0.39, 0.29) is 6.04 Å². The van der Waals surface area contributed by atoms with E-state index in [0.717, 1.165) is 15.0 Å². The van der Waals surface area contributed by atoms with Gasteiger partial charge in [-0.15, -0.1) is 11.3 Å². The number of methoxy groups -OCH3 is 1. The summed E-state index contributed by atoms with van der Waals surface area (Å²) >= 11 is 1.50. The molecule has 0 spiro atoms. The van der Waals surface area contributed by atoms with Crippen LogP contribution in [-0.4, -0.2) is 35.2 Å². The van der Waals surface area contributed by atoms with Crippen LogP contribution in [0, 0.1) is 0 Å². The Labute approximate surface area is 129 Å². The van der Waals surface area contributed by atoms with Crippen molar-refractivity contribution in [1.29, 1.82) is 0 Å². The first-order valence-electron chi connectivity index (χ1n) is 6.66. The maximum Gasteiger partial charge on any atom is 0.242 e. The van der Waals surface area contributed by atoms with E-state index < -0.39 is 10.0 Å². The maximum atomic E-state index is 12.7. The van der Waals surface area contributed by atoms with Crippen molar-refractivity contribution >= 4 is 31.4 Å². The lowest BCUT2D eigenvalue weighted by Gasteiger charge is -2.14. The number of rotatable bonds is 7. The molecule has 0 aliphatic heterocycles. The highest BCUT2D eigenvalue weighted by Gasteiger charge is 2.25. The van der Waals surface area contributed by atoms with E-state index in [1.807, 2.05) is 31.3 Å². The molecule has 1 aromatic carbocycles. The van der Waals surface area contributed by atoms with Gasteiger partial charge in [0.15, 0.2) is 0 Å². The van der Waals surface area contributed by atoms with Crippen LogP contribution in [0.4, 0.5) is 0 Å². The van der Waals surface area contributed by atoms with Crippen LogP contribution in [0.25, 0.3) is 10.1 Å². The number of sulfonamides is 1. The molecule has 0 aliphatic rings. The second-order valence-electron chi connectivity index (χ2n) is 4.86. The first kappa shape index (κ1) is 16.4. The third-order valence-corrected chi connectivity index (χ3v) is 6.01. The van der Waals surface area contributed by atoms with Crippen LogP contribution < -0.4 is 10.0 Å². The largest absolute Gasteiger partial charge is 0.383 e. The Bertz CT molecular complexity index is 710. The number of fused-ring (bicyclic) bond motifs is 1. The smallest absolute Gasteiger partial charge is 0.242 e. The molecular weight excluding hydrogens is 308 g/mol. The van der Waals surface area contributed by atoms with Crippen LogP contribution in [0.1, 0.15) is 11.8 Å². The summed E-state index contributed by atoms with van der Waals surface area (Å²) < 4.78 is 34.0. The fourth-order valence-electron chi connectivity index (χ4n) is 2.25. The quantitative estimate of drug-likeness (QED) is 0.815. The van der Waals surface area contributed by atoms with Crippen molar-refractivity contribution in [3.05, 3.63) is 29.1 Å². The molecule has 0 saturated heterocycles. The number of ether oxygens (including phenoxy) is 1. The minimum Gasteiger partial charge on any atom is -0.383 e. The Balaban J connectivity index is 2.50. The molecule has 2 rings (SSSR count). The molecule has 0 radical (unpaired) electrons. The number of benzene rings is 1. The number of hydrogen-bond donors (Lipinski definition) is 2. The van der Waals surface area contributed by atoms with Crippen molar-refractivity contribution in [2.24, 2.45) is 0 Å². The lowest BCUT2D eigenvalue weighted by Crippen LogP contribution is -2.36. The van der Waals surface area contributed by atoms with Gasteiger partial charge in [-0.1, -0.05) is 18.2 Å². The summed E-state index contributed by atoms with van der Waals surface area (Å²) in [6.45, 7) is 2.64. The zero-order valence-corrected chi connectivity index (χ0v) is 14.0. The molecule has 21 heavy (non-hydrogen) atoms. The highest BCUT2D eigenvalue weighted by Crippen LogP contribution is 2.34. The molecule has 2 N–H and O–H groups in total. The van der Waals surface area contributed by atoms with Crippen LogP contribution in [0.2, 0.25) is 0 Å². The molecule has 1 heterocycles. The Morgan fingerprint density at radius 1 is 1.33 bits per heavy atom. The zero-order valence-electron chi connectivity index (χ0n) is 12.3. The van der Waals surface area contributed by atoms with Crippen LogP contribution in [0.15, 0.2) is 29.2 Å². The molecule has 0 aliphatic carbocycles. The first-order chi connectivity index (χ1) is 9.99. The number of hydrogen-bond acceptors (Lipinski definition) is 5. The zero-order chi connectivity index (χ0) is 15.5. The molecule has 1 atom stereocenters. The van der Waals surface area contributed by atoms with Crippen molar-refractivity contribution in [3.63, 3.8) is 0 Å². The summed E-state index contributed by atoms with van der Waals surface area (Å²) in [5, 5.41) is 3.80. The van der Waals surface area contributed by atoms with Crippen molar-refractivity contribution < 1.29 is 13.2 Å². The van der Waals surface area contributed by atoms with Crippen LogP contribution in [0.5, 0.6) is 0 Å². The molecule has 1 aromatic heterocycles. The molecule has 0 amide bonds. The lowest BCUT2D eigenvalue weighted by atomic mass is 10.2. The molecule has 0 fully saturated rings. The summed E-state index contributed by atoms with van der Waals surface area (Å²) in [5.41, 5.74) is 0. The molecule has 116 valence electrons. The molecular formula is C14H20N2O3S2. The van der Waals surface area contributed by atoms with Crippen LogP contribution in [0.3, 0.4) is 0 Å². The molecule has 0 saturated carbocycles. The van der Waals surface area contributed by atoms with Gasteiger partial charge in [-0.25, -0.2) is 13.1 Å². The van der Waals surface area contributed by atoms with Gasteiger partial charge in [0.1, 0.15) is 4.90 Å². The topological polar surface area (TPSA) is 67.4 Å². The minimum atomic E-state index is -3.58. The summed E-state index contributed by atoms with van der Waals surface area (Å²) in [7, 11) is -0.217. The Morgan fingerprint density at radius 3 is 2.71 bits per heavy atom. The monoisotopic (exact) mass is 328 g/mol. The second-order valence-corrected chi connectivity index (χ2v) is 7.65. The molecule has 1 unspecified atom stereocenters. The minimum absolute atomic E-state index is 0.277. The predicted molar refractivity (Wildman–Crippen MR) is 86.2 cm³/mol. The third-order valence-electron chi connectivity index (χ3n) is 3.00. The lowest BCUT2D eigenvalue weighted by molar-refractivity contribution is 0.180. The van der Waals surface area contributed by atoms with E-state index in [0.29, 0.717) is 18.0 Å². The van der Waals surface area contributed by atoms with E-state index in [9.17, 15) is 8.42 Å². The van der Waals surface area contributed by atoms with Gasteiger partial charge in [-0.3, -0.25) is 0 Å². The van der Waals surface area contributed by atoms with Gasteiger partial charge in [0.05, 0.1) is 6.61 Å². The third kappa shape index (κ3) is 3.61. The van der Waals surface area contributed by atoms with Crippen LogP contribution in [-0.2, 0) is 21.3 Å². The maximum absolute atomic E-state index is 12.7. The van der Waals surface area contributed by atoms with Crippen molar-refractivity contribution in [2.75, 3.05) is 20.8 Å². The van der Waals surface area contributed by atoms with Crippen molar-refractivity contribution in [2.45, 2.75) is 24.4 Å². The first-order valence-corrected chi connectivity index (χ1v) is 8.96. The Kier molecular flexibility index (Phi) is 5.34.